The zero-order valence-electron chi connectivity index (χ0n) is 8.83. The molecule has 0 spiro atoms. The fourth-order valence-corrected chi connectivity index (χ4v) is 2.41. The van der Waals surface area contributed by atoms with Gasteiger partial charge in [0, 0.05) is 36.3 Å². The summed E-state index contributed by atoms with van der Waals surface area (Å²) in [7, 11) is 0. The molecule has 0 amide bonds. The number of rotatable bonds is 4. The van der Waals surface area contributed by atoms with Gasteiger partial charge in [0.2, 0.25) is 5.13 Å². The molecule has 2 aromatic rings. The predicted molar refractivity (Wildman–Crippen MR) is 61.8 cm³/mol. The minimum atomic E-state index is 0.602. The van der Waals surface area contributed by atoms with E-state index in [1.165, 1.54) is 24.4 Å². The third kappa shape index (κ3) is 1.74. The smallest absolute Gasteiger partial charge is 0.214 e. The number of imidazole rings is 1. The lowest BCUT2D eigenvalue weighted by Gasteiger charge is -2.00. The van der Waals surface area contributed by atoms with Crippen LogP contribution >= 0.6 is 11.5 Å². The van der Waals surface area contributed by atoms with Crippen LogP contribution in [0.25, 0.3) is 5.13 Å². The van der Waals surface area contributed by atoms with E-state index in [4.69, 9.17) is 5.73 Å². The largest absolute Gasteiger partial charge is 0.330 e. The van der Waals surface area contributed by atoms with Gasteiger partial charge in [0.05, 0.1) is 0 Å². The highest BCUT2D eigenvalue weighted by molar-refractivity contribution is 7.08. The first-order valence-electron chi connectivity index (χ1n) is 5.45. The lowest BCUT2D eigenvalue weighted by molar-refractivity contribution is 0.827. The quantitative estimate of drug-likeness (QED) is 0.861. The molecule has 0 radical (unpaired) electrons. The van der Waals surface area contributed by atoms with Crippen molar-refractivity contribution >= 4 is 11.5 Å². The first-order valence-corrected chi connectivity index (χ1v) is 6.22. The molecule has 6 heteroatoms. The minimum absolute atomic E-state index is 0.602. The van der Waals surface area contributed by atoms with Gasteiger partial charge in [-0.1, -0.05) is 0 Å². The van der Waals surface area contributed by atoms with Crippen LogP contribution in [-0.4, -0.2) is 25.5 Å². The van der Waals surface area contributed by atoms with Gasteiger partial charge >= 0.3 is 0 Å². The number of aromatic nitrogens is 4. The molecule has 1 aliphatic rings. The molecule has 0 bridgehead atoms. The Balaban J connectivity index is 1.91. The summed E-state index contributed by atoms with van der Waals surface area (Å²) >= 11 is 1.44. The number of hydrogen-bond donors (Lipinski definition) is 1. The maximum absolute atomic E-state index is 5.54. The van der Waals surface area contributed by atoms with Crippen molar-refractivity contribution in [2.24, 2.45) is 5.73 Å². The summed E-state index contributed by atoms with van der Waals surface area (Å²) in [5, 5.41) is 0.905. The van der Waals surface area contributed by atoms with Gasteiger partial charge in [-0.3, -0.25) is 4.57 Å². The second-order valence-electron chi connectivity index (χ2n) is 3.96. The van der Waals surface area contributed by atoms with Crippen LogP contribution in [0.4, 0.5) is 0 Å². The summed E-state index contributed by atoms with van der Waals surface area (Å²) in [5.74, 6) is 2.56. The molecule has 0 aliphatic heterocycles. The Hall–Kier alpha value is -1.27. The van der Waals surface area contributed by atoms with Crippen LogP contribution in [0.1, 0.15) is 30.4 Å². The van der Waals surface area contributed by atoms with E-state index in [1.54, 1.807) is 6.20 Å². The molecule has 0 saturated heterocycles. The topological polar surface area (TPSA) is 69.6 Å². The van der Waals surface area contributed by atoms with E-state index in [-0.39, 0.29) is 0 Å². The first kappa shape index (κ1) is 9.92. The summed E-state index contributed by atoms with van der Waals surface area (Å²) in [4.78, 5) is 8.82. The van der Waals surface area contributed by atoms with Crippen molar-refractivity contribution in [3.63, 3.8) is 0 Å². The molecule has 84 valence electrons. The minimum Gasteiger partial charge on any atom is -0.330 e. The highest BCUT2D eigenvalue weighted by atomic mass is 32.1. The maximum atomic E-state index is 5.54. The van der Waals surface area contributed by atoms with Crippen LogP contribution in [0, 0.1) is 0 Å². The van der Waals surface area contributed by atoms with Crippen LogP contribution in [0.15, 0.2) is 12.4 Å². The molecule has 2 aromatic heterocycles. The molecule has 1 saturated carbocycles. The molecule has 2 N–H and O–H groups in total. The fourth-order valence-electron chi connectivity index (χ4n) is 1.65. The van der Waals surface area contributed by atoms with Crippen molar-refractivity contribution in [2.45, 2.75) is 25.2 Å². The molecule has 2 heterocycles. The van der Waals surface area contributed by atoms with Gasteiger partial charge in [0.1, 0.15) is 11.6 Å². The van der Waals surface area contributed by atoms with Crippen LogP contribution < -0.4 is 5.73 Å². The lowest BCUT2D eigenvalue weighted by atomic mass is 10.4. The normalized spacial score (nSPS) is 15.6. The van der Waals surface area contributed by atoms with Gasteiger partial charge in [0.25, 0.3) is 0 Å². The number of nitrogens with two attached hydrogens (primary N) is 1. The van der Waals surface area contributed by atoms with Crippen LogP contribution in [0.2, 0.25) is 0 Å². The Morgan fingerprint density at radius 2 is 2.38 bits per heavy atom. The van der Waals surface area contributed by atoms with Crippen LogP contribution in [0.3, 0.4) is 0 Å². The molecule has 0 aromatic carbocycles. The zero-order valence-corrected chi connectivity index (χ0v) is 9.65. The average Bonchev–Trinajstić information content (AvgIpc) is 2.85. The highest BCUT2D eigenvalue weighted by Gasteiger charge is 2.28. The molecule has 16 heavy (non-hydrogen) atoms. The van der Waals surface area contributed by atoms with E-state index in [0.717, 1.165) is 23.2 Å². The first-order chi connectivity index (χ1) is 7.88. The maximum Gasteiger partial charge on any atom is 0.214 e. The van der Waals surface area contributed by atoms with Crippen LogP contribution in [0.5, 0.6) is 0 Å². The molecule has 1 aliphatic carbocycles. The van der Waals surface area contributed by atoms with E-state index >= 15 is 0 Å². The van der Waals surface area contributed by atoms with Crippen molar-refractivity contribution in [1.82, 2.24) is 18.9 Å². The summed E-state index contributed by atoms with van der Waals surface area (Å²) in [5.41, 5.74) is 5.54. The van der Waals surface area contributed by atoms with E-state index in [0.29, 0.717) is 12.5 Å². The molecule has 0 unspecified atom stereocenters. The van der Waals surface area contributed by atoms with Crippen LogP contribution in [-0.2, 0) is 6.42 Å². The Bertz CT molecular complexity index is 485. The van der Waals surface area contributed by atoms with E-state index in [2.05, 4.69) is 14.3 Å². The Morgan fingerprint density at radius 3 is 3.12 bits per heavy atom. The standard InChI is InChI=1S/C10H13N5S/c11-4-3-8-12-5-6-15(8)10-13-9(14-16-10)7-1-2-7/h5-7H,1-4,11H2. The van der Waals surface area contributed by atoms with Gasteiger partial charge in [-0.15, -0.1) is 0 Å². The van der Waals surface area contributed by atoms with Crippen molar-refractivity contribution in [3.05, 3.63) is 24.0 Å². The van der Waals surface area contributed by atoms with Crippen molar-refractivity contribution in [2.75, 3.05) is 6.54 Å². The molecular weight excluding hydrogens is 222 g/mol. The highest BCUT2D eigenvalue weighted by Crippen LogP contribution is 2.39. The van der Waals surface area contributed by atoms with Gasteiger partial charge < -0.3 is 5.73 Å². The van der Waals surface area contributed by atoms with Crippen molar-refractivity contribution < 1.29 is 0 Å². The van der Waals surface area contributed by atoms with Crippen molar-refractivity contribution in [3.8, 4) is 5.13 Å². The number of nitrogens with zero attached hydrogens (tertiary/aromatic N) is 4. The number of hydrogen-bond acceptors (Lipinski definition) is 5. The third-order valence-corrected chi connectivity index (χ3v) is 3.39. The molecular formula is C10H13N5S. The Morgan fingerprint density at radius 1 is 1.50 bits per heavy atom. The SMILES string of the molecule is NCCc1nccn1-c1nc(C2CC2)ns1. The monoisotopic (exact) mass is 235 g/mol. The molecule has 5 nitrogen and oxygen atoms in total. The summed E-state index contributed by atoms with van der Waals surface area (Å²) < 4.78 is 6.37. The van der Waals surface area contributed by atoms with Gasteiger partial charge in [-0.25, -0.2) is 9.97 Å². The van der Waals surface area contributed by atoms with E-state index < -0.39 is 0 Å². The molecule has 3 rings (SSSR count). The van der Waals surface area contributed by atoms with Gasteiger partial charge in [0.15, 0.2) is 0 Å². The van der Waals surface area contributed by atoms with Crippen molar-refractivity contribution in [1.29, 1.82) is 0 Å². The Labute approximate surface area is 97.5 Å². The van der Waals surface area contributed by atoms with E-state index in [9.17, 15) is 0 Å². The van der Waals surface area contributed by atoms with E-state index in [1.807, 2.05) is 10.8 Å². The molecule has 0 atom stereocenters. The fraction of sp³-hybridized carbons (Fsp3) is 0.500. The molecule has 1 fully saturated rings. The second-order valence-corrected chi connectivity index (χ2v) is 4.69. The summed E-state index contributed by atoms with van der Waals surface area (Å²) in [6.07, 6.45) is 6.93. The van der Waals surface area contributed by atoms with Gasteiger partial charge in [-0.2, -0.15) is 4.37 Å². The summed E-state index contributed by atoms with van der Waals surface area (Å²) in [6.45, 7) is 0.602. The van der Waals surface area contributed by atoms with Gasteiger partial charge in [-0.05, 0) is 19.4 Å². The third-order valence-electron chi connectivity index (χ3n) is 2.66. The Kier molecular flexibility index (Phi) is 2.45. The second kappa shape index (κ2) is 3.95. The average molecular weight is 235 g/mol. The predicted octanol–water partition coefficient (Wildman–Crippen LogP) is 1.10. The lowest BCUT2D eigenvalue weighted by Crippen LogP contribution is -2.08. The zero-order chi connectivity index (χ0) is 11.0. The summed E-state index contributed by atoms with van der Waals surface area (Å²) in [6, 6.07) is 0.